The molecule has 4 atom stereocenters. The molecule has 0 bridgehead atoms. The van der Waals surface area contributed by atoms with Gasteiger partial charge in [-0.25, -0.2) is 23.7 Å². The Morgan fingerprint density at radius 3 is 2.57 bits per heavy atom. The highest BCUT2D eigenvalue weighted by atomic mass is 31.3. The minimum absolute atomic E-state index is 0.00243. The van der Waals surface area contributed by atoms with E-state index in [1.165, 1.54) is 6.33 Å². The maximum atomic E-state index is 11.7. The summed E-state index contributed by atoms with van der Waals surface area (Å²) in [5.74, 6) is 0.277. The fraction of sp³-hybridized carbons (Fsp3) is 0.455. The highest BCUT2D eigenvalue weighted by Gasteiger charge is 2.41. The third-order valence-corrected chi connectivity index (χ3v) is 7.46. The van der Waals surface area contributed by atoms with Crippen molar-refractivity contribution in [3.63, 3.8) is 0 Å². The third-order valence-electron chi connectivity index (χ3n) is 3.66. The van der Waals surface area contributed by atoms with Gasteiger partial charge in [0, 0.05) is 6.20 Å². The third kappa shape index (κ3) is 5.71. The van der Waals surface area contributed by atoms with Gasteiger partial charge in [0.05, 0.1) is 12.0 Å². The molecule has 3 rings (SSSR count). The van der Waals surface area contributed by atoms with Crippen molar-refractivity contribution in [2.45, 2.75) is 19.4 Å². The van der Waals surface area contributed by atoms with Gasteiger partial charge in [-0.2, -0.15) is 8.62 Å². The first-order valence-electron chi connectivity index (χ1n) is 7.89. The van der Waals surface area contributed by atoms with Gasteiger partial charge >= 0.3 is 23.5 Å². The maximum absolute atomic E-state index is 11.7. The van der Waals surface area contributed by atoms with Crippen molar-refractivity contribution in [2.24, 2.45) is 0 Å². The van der Waals surface area contributed by atoms with Crippen LogP contribution in [0.25, 0.3) is 11.0 Å². The lowest BCUT2D eigenvalue weighted by Gasteiger charge is -2.18. The fourth-order valence-electron chi connectivity index (χ4n) is 2.65. The highest BCUT2D eigenvalue weighted by molar-refractivity contribution is 7.66. The number of hydrogen-bond acceptors (Lipinski definition) is 11. The molecule has 2 aromatic rings. The molecule has 3 heterocycles. The van der Waals surface area contributed by atoms with E-state index in [4.69, 9.17) is 29.9 Å². The van der Waals surface area contributed by atoms with E-state index in [2.05, 4.69) is 23.1 Å². The number of hydrogen-bond donors (Lipinski definition) is 5. The summed E-state index contributed by atoms with van der Waals surface area (Å²) in [5.41, 5.74) is 7.10. The smallest absolute Gasteiger partial charge is 0.383 e. The Morgan fingerprint density at radius 1 is 1.20 bits per heavy atom. The van der Waals surface area contributed by atoms with Crippen LogP contribution in [0.1, 0.15) is 11.8 Å². The van der Waals surface area contributed by atoms with Gasteiger partial charge in [-0.15, -0.1) is 0 Å². The average molecular weight is 490 g/mol. The van der Waals surface area contributed by atoms with Crippen molar-refractivity contribution in [3.05, 3.63) is 18.1 Å². The molecule has 0 amide bonds. The van der Waals surface area contributed by atoms with Gasteiger partial charge in [-0.1, -0.05) is 0 Å². The Hall–Kier alpha value is -1.25. The summed E-state index contributed by atoms with van der Waals surface area (Å²) in [5, 5.41) is 0.623. The number of nitrogens with two attached hydrogens (primary N) is 1. The number of phosphoric acid groups is 3. The molecule has 19 heteroatoms. The minimum Gasteiger partial charge on any atom is -0.383 e. The number of phosphoric ester groups is 1. The van der Waals surface area contributed by atoms with Crippen molar-refractivity contribution >= 4 is 40.3 Å². The van der Waals surface area contributed by atoms with E-state index in [1.807, 2.05) is 0 Å². The Bertz CT molecular complexity index is 1080. The van der Waals surface area contributed by atoms with Gasteiger partial charge in [0.1, 0.15) is 24.4 Å². The molecule has 6 N–H and O–H groups in total. The van der Waals surface area contributed by atoms with Crippen LogP contribution in [0.5, 0.6) is 0 Å². The molecule has 1 saturated heterocycles. The number of aryl methyl sites for hydroxylation is 1. The summed E-state index contributed by atoms with van der Waals surface area (Å²) in [7, 11) is -16.3. The van der Waals surface area contributed by atoms with E-state index in [9.17, 15) is 18.6 Å². The Labute approximate surface area is 168 Å². The highest BCUT2D eigenvalue weighted by Crippen LogP contribution is 2.66. The lowest BCUT2D eigenvalue weighted by atomic mass is 10.2. The first-order chi connectivity index (χ1) is 13.8. The molecule has 2 aromatic heterocycles. The minimum atomic E-state index is -5.60. The van der Waals surface area contributed by atoms with Crippen molar-refractivity contribution in [2.75, 3.05) is 18.9 Å². The van der Waals surface area contributed by atoms with Gasteiger partial charge in [0.2, 0.25) is 0 Å². The molecule has 0 radical (unpaired) electrons. The van der Waals surface area contributed by atoms with E-state index in [-0.39, 0.29) is 12.4 Å². The first kappa shape index (κ1) is 23.4. The van der Waals surface area contributed by atoms with E-state index < -0.39 is 42.6 Å². The second-order valence-electron chi connectivity index (χ2n) is 5.92. The van der Waals surface area contributed by atoms with Crippen LogP contribution in [0.4, 0.5) is 5.82 Å². The number of aromatic nitrogens is 3. The predicted molar refractivity (Wildman–Crippen MR) is 96.4 cm³/mol. The number of rotatable bonds is 8. The van der Waals surface area contributed by atoms with Crippen LogP contribution >= 0.6 is 23.5 Å². The van der Waals surface area contributed by atoms with Gasteiger partial charge < -0.3 is 39.3 Å². The quantitative estimate of drug-likeness (QED) is 0.317. The predicted octanol–water partition coefficient (Wildman–Crippen LogP) is 0.537. The molecule has 1 aliphatic rings. The van der Waals surface area contributed by atoms with Crippen molar-refractivity contribution in [1.82, 2.24) is 14.5 Å². The number of nitrogens with zero attached hydrogens (tertiary/aromatic N) is 3. The largest absolute Gasteiger partial charge is 0.490 e. The van der Waals surface area contributed by atoms with Gasteiger partial charge in [0.25, 0.3) is 0 Å². The molecule has 168 valence electrons. The number of anilines is 1. The molecule has 16 nitrogen and oxygen atoms in total. The summed E-state index contributed by atoms with van der Waals surface area (Å²) in [6, 6.07) is 0. The van der Waals surface area contributed by atoms with E-state index in [0.29, 0.717) is 11.0 Å². The van der Waals surface area contributed by atoms with Gasteiger partial charge in [-0.05, 0) is 12.5 Å². The zero-order chi connectivity index (χ0) is 22.3. The summed E-state index contributed by atoms with van der Waals surface area (Å²) >= 11 is 0. The Balaban J connectivity index is 1.62. The molecule has 0 aliphatic carbocycles. The van der Waals surface area contributed by atoms with Crippen molar-refractivity contribution in [1.29, 1.82) is 0 Å². The lowest BCUT2D eigenvalue weighted by molar-refractivity contribution is -0.0960. The SMILES string of the molecule is Cc1cn([C@H]2CO[C@@H](COP(=O)(O)OP(=O)(O)OP(=O)(O)O)O2)c2ncnc(N)c12. The number of ether oxygens (including phenoxy) is 2. The monoisotopic (exact) mass is 490 g/mol. The maximum Gasteiger partial charge on any atom is 0.490 e. The summed E-state index contributed by atoms with van der Waals surface area (Å²) in [4.78, 5) is 43.6. The topological polar surface area (TPSA) is 235 Å². The molecule has 1 aliphatic heterocycles. The molecule has 0 saturated carbocycles. The van der Waals surface area contributed by atoms with Gasteiger partial charge in [-0.3, -0.25) is 4.52 Å². The van der Waals surface area contributed by atoms with Crippen LogP contribution in [0.2, 0.25) is 0 Å². The van der Waals surface area contributed by atoms with Crippen LogP contribution in [0.3, 0.4) is 0 Å². The second kappa shape index (κ2) is 8.36. The molecule has 0 aromatic carbocycles. The van der Waals surface area contributed by atoms with E-state index in [0.717, 1.165) is 5.56 Å². The Morgan fingerprint density at radius 2 is 1.90 bits per heavy atom. The number of fused-ring (bicyclic) bond motifs is 1. The van der Waals surface area contributed by atoms with Gasteiger partial charge in [0.15, 0.2) is 12.5 Å². The van der Waals surface area contributed by atoms with Crippen LogP contribution in [0.15, 0.2) is 12.5 Å². The standard InChI is InChI=1S/C11H17N4O12P3/c1-6-2-15(11-9(6)10(12)13-5-14-11)7-3-23-8(25-7)4-24-29(19,20)27-30(21,22)26-28(16,17)18/h2,5,7-8H,3-4H2,1H3,(H,19,20)(H,21,22)(H2,12,13,14)(H2,16,17,18)/t7-,8-/m1/s1. The van der Waals surface area contributed by atoms with Crippen molar-refractivity contribution in [3.8, 4) is 0 Å². The van der Waals surface area contributed by atoms with E-state index in [1.54, 1.807) is 17.7 Å². The van der Waals surface area contributed by atoms with Crippen LogP contribution in [0, 0.1) is 6.92 Å². The second-order valence-corrected chi connectivity index (χ2v) is 10.3. The molecule has 30 heavy (non-hydrogen) atoms. The molecule has 0 spiro atoms. The molecule has 1 fully saturated rings. The van der Waals surface area contributed by atoms with E-state index >= 15 is 0 Å². The molecular weight excluding hydrogens is 473 g/mol. The lowest BCUT2D eigenvalue weighted by Crippen LogP contribution is -2.17. The number of nitrogen functional groups attached to an aromatic ring is 1. The summed E-state index contributed by atoms with van der Waals surface area (Å²) < 4.78 is 57.8. The zero-order valence-corrected chi connectivity index (χ0v) is 17.7. The summed E-state index contributed by atoms with van der Waals surface area (Å²) in [6.07, 6.45) is 1.09. The summed E-state index contributed by atoms with van der Waals surface area (Å²) in [6.45, 7) is 1.06. The zero-order valence-electron chi connectivity index (χ0n) is 15.0. The molecule has 2 unspecified atom stereocenters. The van der Waals surface area contributed by atoms with Crippen LogP contribution in [-0.4, -0.2) is 53.6 Å². The van der Waals surface area contributed by atoms with Crippen LogP contribution < -0.4 is 5.73 Å². The normalized spacial score (nSPS) is 24.0. The molecular formula is C11H17N4O12P3. The first-order valence-corrected chi connectivity index (χ1v) is 12.4. The van der Waals surface area contributed by atoms with Crippen molar-refractivity contribution < 1.29 is 55.9 Å². The Kier molecular flexibility index (Phi) is 6.52. The van der Waals surface area contributed by atoms with Crippen LogP contribution in [-0.2, 0) is 36.3 Å². The average Bonchev–Trinajstić information content (AvgIpc) is 3.15. The fourth-order valence-corrected chi connectivity index (χ4v) is 5.66.